The molecule has 1 nitrogen and oxygen atoms in total. The number of hydrogen-bond acceptors (Lipinski definition) is 0. The van der Waals surface area contributed by atoms with E-state index >= 15 is 0 Å². The van der Waals surface area contributed by atoms with Gasteiger partial charge in [-0.15, -0.1) is 0 Å². The average Bonchev–Trinajstić information content (AvgIpc) is 2.57. The minimum Gasteiger partial charge on any atom is -0.313 e. The van der Waals surface area contributed by atoms with Crippen LogP contribution in [0.25, 0.3) is 0 Å². The fourth-order valence-electron chi connectivity index (χ4n) is 3.39. The molecule has 0 saturated heterocycles. The molecule has 0 heterocycles. The van der Waals surface area contributed by atoms with E-state index in [0.717, 1.165) is 6.54 Å². The molecule has 0 bridgehead atoms. The van der Waals surface area contributed by atoms with Crippen molar-refractivity contribution in [2.45, 2.75) is 97.8 Å². The molecule has 0 spiro atoms. The minimum atomic E-state index is 1.08. The Bertz CT molecular complexity index is 271. The van der Waals surface area contributed by atoms with Crippen LogP contribution >= 0.6 is 22.6 Å². The highest BCUT2D eigenvalue weighted by molar-refractivity contribution is 14.1. The van der Waals surface area contributed by atoms with E-state index in [1.807, 2.05) is 0 Å². The summed E-state index contributed by atoms with van der Waals surface area (Å²) < 4.78 is 4.40. The fraction of sp³-hybridized carbons (Fsp3) is 0.905. The van der Waals surface area contributed by atoms with E-state index in [-0.39, 0.29) is 0 Å². The van der Waals surface area contributed by atoms with Crippen LogP contribution in [-0.4, -0.2) is 30.7 Å². The molecule has 0 aromatic heterocycles. The van der Waals surface area contributed by atoms with Crippen molar-refractivity contribution >= 4 is 22.6 Å². The van der Waals surface area contributed by atoms with Gasteiger partial charge in [-0.3, -0.25) is 0 Å². The summed E-state index contributed by atoms with van der Waals surface area (Å²) in [7, 11) is 0. The normalized spacial score (nSPS) is 11.3. The summed E-state index contributed by atoms with van der Waals surface area (Å²) in [6.45, 7) is 12.0. The smallest absolute Gasteiger partial charge is 0.141 e. The average molecular weight is 434 g/mol. The first-order valence-electron chi connectivity index (χ1n) is 10.2. The lowest BCUT2D eigenvalue weighted by molar-refractivity contribution is -0.922. The lowest BCUT2D eigenvalue weighted by atomic mass is 10.1. The largest absolute Gasteiger partial charge is 0.313 e. The molecule has 136 valence electrons. The van der Waals surface area contributed by atoms with Crippen molar-refractivity contribution in [3.63, 3.8) is 0 Å². The monoisotopic (exact) mass is 434 g/mol. The Morgan fingerprint density at radius 3 is 1.30 bits per heavy atom. The number of unbranched alkanes of at least 4 members (excludes halogenated alkanes) is 9. The first-order valence-corrected chi connectivity index (χ1v) is 11.3. The molecular formula is C21H41IN+. The van der Waals surface area contributed by atoms with Crippen LogP contribution < -0.4 is 0 Å². The first-order chi connectivity index (χ1) is 11.2. The lowest BCUT2D eigenvalue weighted by Gasteiger charge is -2.38. The minimum absolute atomic E-state index is 1.08. The van der Waals surface area contributed by atoms with Crippen LogP contribution in [0.3, 0.4) is 0 Å². The zero-order valence-corrected chi connectivity index (χ0v) is 18.3. The van der Waals surface area contributed by atoms with Crippen LogP contribution in [0.2, 0.25) is 0 Å². The third kappa shape index (κ3) is 13.2. The summed E-state index contributed by atoms with van der Waals surface area (Å²) in [6, 6.07) is 0. The van der Waals surface area contributed by atoms with Crippen molar-refractivity contribution in [2.75, 3.05) is 26.2 Å². The Hall–Kier alpha value is 0.250. The van der Waals surface area contributed by atoms with Gasteiger partial charge in [-0.2, -0.15) is 0 Å². The van der Waals surface area contributed by atoms with Gasteiger partial charge < -0.3 is 4.48 Å². The Morgan fingerprint density at radius 2 is 1.00 bits per heavy atom. The molecule has 0 aliphatic carbocycles. The number of nitrogens with zero attached hydrogens (tertiary/aromatic N) is 1. The van der Waals surface area contributed by atoms with Crippen LogP contribution in [-0.2, 0) is 0 Å². The lowest BCUT2D eigenvalue weighted by Crippen LogP contribution is -2.50. The van der Waals surface area contributed by atoms with Crippen molar-refractivity contribution in [1.82, 2.24) is 0 Å². The Kier molecular flexibility index (Phi) is 17.3. The Labute approximate surface area is 160 Å². The summed E-state index contributed by atoms with van der Waals surface area (Å²) >= 11 is 2.21. The molecule has 0 N–H and O–H groups in total. The third-order valence-corrected chi connectivity index (χ3v) is 5.32. The summed E-state index contributed by atoms with van der Waals surface area (Å²) in [6.07, 6.45) is 16.5. The predicted octanol–water partition coefficient (Wildman–Crippen LogP) is 6.94. The first kappa shape index (κ1) is 23.2. The Morgan fingerprint density at radius 1 is 0.609 bits per heavy atom. The van der Waals surface area contributed by atoms with Crippen molar-refractivity contribution in [1.29, 1.82) is 0 Å². The number of halogens is 1. The van der Waals surface area contributed by atoms with Crippen molar-refractivity contribution in [3.8, 4) is 9.85 Å². The SMILES string of the molecule is CCCCCC[N+](CC#CI)(CCCCCC)CCCCCC. The van der Waals surface area contributed by atoms with Gasteiger partial charge in [0.2, 0.25) is 0 Å². The second kappa shape index (κ2) is 17.1. The van der Waals surface area contributed by atoms with E-state index in [2.05, 4.69) is 53.2 Å². The van der Waals surface area contributed by atoms with Gasteiger partial charge in [-0.25, -0.2) is 0 Å². The molecule has 0 radical (unpaired) electrons. The van der Waals surface area contributed by atoms with Gasteiger partial charge in [0, 0.05) is 22.6 Å². The van der Waals surface area contributed by atoms with Gasteiger partial charge in [-0.1, -0.05) is 59.3 Å². The molecule has 0 atom stereocenters. The van der Waals surface area contributed by atoms with Crippen LogP contribution in [0.15, 0.2) is 0 Å². The summed E-state index contributed by atoms with van der Waals surface area (Å²) in [5.74, 6) is 3.42. The maximum Gasteiger partial charge on any atom is 0.141 e. The molecular weight excluding hydrogens is 393 g/mol. The standard InChI is InChI=1S/C21H41IN/c1-4-7-10-13-18-23(21-16-17-22,19-14-11-8-5-2)20-15-12-9-6-3/h4-15,18-21H2,1-3H3/q+1. The maximum absolute atomic E-state index is 3.42. The Balaban J connectivity index is 4.60. The summed E-state index contributed by atoms with van der Waals surface area (Å²) in [4.78, 5) is 0. The number of quaternary nitrogens is 1. The molecule has 0 fully saturated rings. The third-order valence-electron chi connectivity index (χ3n) is 4.94. The summed E-state index contributed by atoms with van der Waals surface area (Å²) in [5.41, 5.74) is 0. The molecule has 0 aromatic rings. The van der Waals surface area contributed by atoms with E-state index in [0.29, 0.717) is 0 Å². The van der Waals surface area contributed by atoms with Gasteiger partial charge in [0.25, 0.3) is 0 Å². The topological polar surface area (TPSA) is 0 Å². The second-order valence-corrected chi connectivity index (χ2v) is 7.66. The van der Waals surface area contributed by atoms with Crippen molar-refractivity contribution < 1.29 is 4.48 Å². The molecule has 0 amide bonds. The highest BCUT2D eigenvalue weighted by Crippen LogP contribution is 2.17. The molecule has 0 rings (SSSR count). The van der Waals surface area contributed by atoms with E-state index in [1.54, 1.807) is 0 Å². The van der Waals surface area contributed by atoms with Crippen LogP contribution in [0.5, 0.6) is 0 Å². The van der Waals surface area contributed by atoms with Gasteiger partial charge in [0.05, 0.1) is 19.6 Å². The number of hydrogen-bond donors (Lipinski definition) is 0. The molecule has 0 aromatic carbocycles. The van der Waals surface area contributed by atoms with Gasteiger partial charge in [0.15, 0.2) is 0 Å². The van der Waals surface area contributed by atoms with Crippen LogP contribution in [0.1, 0.15) is 97.8 Å². The van der Waals surface area contributed by atoms with E-state index in [4.69, 9.17) is 0 Å². The molecule has 0 unspecified atom stereocenters. The second-order valence-electron chi connectivity index (χ2n) is 7.12. The zero-order valence-electron chi connectivity index (χ0n) is 16.1. The van der Waals surface area contributed by atoms with E-state index in [1.165, 1.54) is 101 Å². The molecule has 0 aliphatic rings. The van der Waals surface area contributed by atoms with Gasteiger partial charge >= 0.3 is 0 Å². The van der Waals surface area contributed by atoms with Gasteiger partial charge in [-0.05, 0) is 48.4 Å². The molecule has 0 saturated carbocycles. The van der Waals surface area contributed by atoms with Crippen LogP contribution in [0.4, 0.5) is 0 Å². The zero-order chi connectivity index (χ0) is 17.2. The van der Waals surface area contributed by atoms with Gasteiger partial charge in [0.1, 0.15) is 6.54 Å². The fourth-order valence-corrected chi connectivity index (χ4v) is 3.56. The maximum atomic E-state index is 3.42. The molecule has 23 heavy (non-hydrogen) atoms. The quantitative estimate of drug-likeness (QED) is 0.107. The predicted molar refractivity (Wildman–Crippen MR) is 114 cm³/mol. The van der Waals surface area contributed by atoms with Crippen molar-refractivity contribution in [3.05, 3.63) is 0 Å². The highest BCUT2D eigenvalue weighted by atomic mass is 127. The van der Waals surface area contributed by atoms with E-state index in [9.17, 15) is 0 Å². The highest BCUT2D eigenvalue weighted by Gasteiger charge is 2.25. The molecule has 0 aliphatic heterocycles. The van der Waals surface area contributed by atoms with Crippen molar-refractivity contribution in [2.24, 2.45) is 0 Å². The van der Waals surface area contributed by atoms with E-state index < -0.39 is 0 Å². The number of rotatable bonds is 16. The summed E-state index contributed by atoms with van der Waals surface area (Å²) in [5, 5.41) is 0. The van der Waals surface area contributed by atoms with Crippen LogP contribution in [0, 0.1) is 9.85 Å². The molecule has 2 heteroatoms.